The molecular weight excluding hydrogens is 406 g/mol. The molecular formula is C26H20ClN3O. The van der Waals surface area contributed by atoms with Crippen molar-refractivity contribution in [2.45, 2.75) is 13.5 Å². The van der Waals surface area contributed by atoms with Crippen molar-refractivity contribution in [1.29, 1.82) is 5.26 Å². The fourth-order valence-corrected chi connectivity index (χ4v) is 3.70. The van der Waals surface area contributed by atoms with E-state index in [0.717, 1.165) is 22.0 Å². The molecule has 4 aromatic rings. The molecule has 1 heterocycles. The van der Waals surface area contributed by atoms with Gasteiger partial charge in [-0.05, 0) is 42.3 Å². The number of aryl methyl sites for hydroxylation is 1. The molecule has 0 spiro atoms. The highest BCUT2D eigenvalue weighted by atomic mass is 35.5. The molecule has 5 heteroatoms. The summed E-state index contributed by atoms with van der Waals surface area (Å²) in [5.41, 5.74) is 4.53. The second-order valence-electron chi connectivity index (χ2n) is 7.30. The van der Waals surface area contributed by atoms with Crippen LogP contribution in [0, 0.1) is 18.3 Å². The average Bonchev–Trinajstić information content (AvgIpc) is 3.12. The Morgan fingerprint density at radius 2 is 1.84 bits per heavy atom. The number of nitrogens with zero attached hydrogens (tertiary/aromatic N) is 2. The first kappa shape index (κ1) is 20.5. The maximum absolute atomic E-state index is 12.8. The minimum Gasteiger partial charge on any atom is -0.342 e. The Labute approximate surface area is 186 Å². The Hall–Kier alpha value is -3.81. The van der Waals surface area contributed by atoms with Crippen LogP contribution in [-0.2, 0) is 11.3 Å². The van der Waals surface area contributed by atoms with Gasteiger partial charge in [-0.2, -0.15) is 5.26 Å². The zero-order chi connectivity index (χ0) is 21.8. The van der Waals surface area contributed by atoms with Crippen molar-refractivity contribution in [2.75, 3.05) is 5.32 Å². The lowest BCUT2D eigenvalue weighted by atomic mass is 10.1. The molecule has 1 N–H and O–H groups in total. The van der Waals surface area contributed by atoms with Crippen LogP contribution in [0.4, 0.5) is 5.69 Å². The summed E-state index contributed by atoms with van der Waals surface area (Å²) in [6.45, 7) is 2.57. The summed E-state index contributed by atoms with van der Waals surface area (Å²) < 4.78 is 2.13. The number of carbonyl (C=O) groups is 1. The summed E-state index contributed by atoms with van der Waals surface area (Å²) in [4.78, 5) is 12.8. The number of carbonyl (C=O) groups excluding carboxylic acids is 1. The first-order valence-electron chi connectivity index (χ1n) is 9.86. The van der Waals surface area contributed by atoms with Crippen LogP contribution in [0.3, 0.4) is 0 Å². The van der Waals surface area contributed by atoms with Crippen molar-refractivity contribution < 1.29 is 4.79 Å². The Kier molecular flexibility index (Phi) is 5.88. The van der Waals surface area contributed by atoms with Crippen LogP contribution in [-0.4, -0.2) is 10.5 Å². The molecule has 152 valence electrons. The highest BCUT2D eigenvalue weighted by Gasteiger charge is 2.14. The molecule has 4 rings (SSSR count). The molecule has 1 amide bonds. The van der Waals surface area contributed by atoms with Gasteiger partial charge >= 0.3 is 0 Å². The van der Waals surface area contributed by atoms with Gasteiger partial charge in [0, 0.05) is 39.9 Å². The molecule has 3 aromatic carbocycles. The predicted molar refractivity (Wildman–Crippen MR) is 126 cm³/mol. The highest BCUT2D eigenvalue weighted by molar-refractivity contribution is 6.31. The molecule has 0 radical (unpaired) electrons. The van der Waals surface area contributed by atoms with E-state index in [4.69, 9.17) is 11.6 Å². The number of nitriles is 1. The van der Waals surface area contributed by atoms with E-state index in [9.17, 15) is 10.1 Å². The Balaban J connectivity index is 1.69. The number of halogens is 1. The van der Waals surface area contributed by atoms with Gasteiger partial charge in [0.05, 0.1) is 0 Å². The molecule has 0 fully saturated rings. The number of aromatic nitrogens is 1. The first-order chi connectivity index (χ1) is 15.0. The van der Waals surface area contributed by atoms with Crippen LogP contribution >= 0.6 is 11.6 Å². The number of amides is 1. The summed E-state index contributed by atoms with van der Waals surface area (Å²) in [5.74, 6) is -0.465. The number of anilines is 1. The molecule has 1 aromatic heterocycles. The van der Waals surface area contributed by atoms with Crippen LogP contribution in [0.2, 0.25) is 5.02 Å². The monoisotopic (exact) mass is 425 g/mol. The molecule has 0 unspecified atom stereocenters. The molecule has 0 saturated heterocycles. The normalized spacial score (nSPS) is 11.3. The van der Waals surface area contributed by atoms with E-state index in [1.54, 1.807) is 18.2 Å². The number of rotatable bonds is 5. The second kappa shape index (κ2) is 8.91. The molecule has 4 nitrogen and oxygen atoms in total. The summed E-state index contributed by atoms with van der Waals surface area (Å²) in [6, 6.07) is 25.4. The molecule has 0 atom stereocenters. The smallest absolute Gasteiger partial charge is 0.266 e. The van der Waals surface area contributed by atoms with Crippen LogP contribution in [0.25, 0.3) is 17.0 Å². The van der Waals surface area contributed by atoms with Gasteiger partial charge in [0.15, 0.2) is 0 Å². The zero-order valence-electron chi connectivity index (χ0n) is 17.0. The maximum Gasteiger partial charge on any atom is 0.266 e. The number of hydrogen-bond donors (Lipinski definition) is 1. The van der Waals surface area contributed by atoms with Crippen molar-refractivity contribution in [2.24, 2.45) is 0 Å². The van der Waals surface area contributed by atoms with Crippen LogP contribution in [0.1, 0.15) is 16.7 Å². The van der Waals surface area contributed by atoms with Gasteiger partial charge in [0.1, 0.15) is 11.6 Å². The minimum absolute atomic E-state index is 0.0296. The summed E-state index contributed by atoms with van der Waals surface area (Å²) in [6.07, 6.45) is 3.62. The molecule has 0 bridgehead atoms. The third-order valence-corrected chi connectivity index (χ3v) is 5.36. The summed E-state index contributed by atoms with van der Waals surface area (Å²) in [5, 5.41) is 14.0. The quantitative estimate of drug-likeness (QED) is 0.306. The van der Waals surface area contributed by atoms with Crippen molar-refractivity contribution in [1.82, 2.24) is 4.57 Å². The van der Waals surface area contributed by atoms with Crippen LogP contribution in [0.5, 0.6) is 0 Å². The van der Waals surface area contributed by atoms with E-state index in [0.29, 0.717) is 17.3 Å². The van der Waals surface area contributed by atoms with Gasteiger partial charge in [-0.1, -0.05) is 66.2 Å². The van der Waals surface area contributed by atoms with Crippen LogP contribution < -0.4 is 5.32 Å². The molecule has 0 aliphatic rings. The summed E-state index contributed by atoms with van der Waals surface area (Å²) in [7, 11) is 0. The third kappa shape index (κ3) is 4.53. The van der Waals surface area contributed by atoms with E-state index >= 15 is 0 Å². The van der Waals surface area contributed by atoms with E-state index in [2.05, 4.69) is 22.0 Å². The topological polar surface area (TPSA) is 57.8 Å². The number of hydrogen-bond acceptors (Lipinski definition) is 2. The standard InChI is InChI=1S/C26H20ClN3O/c1-18-11-12-22(27)14-24(18)29-26(31)20(15-28)13-21-17-30(16-19-7-3-2-4-8-19)25-10-6-5-9-23(21)25/h2-14,17H,16H2,1H3,(H,29,31). The lowest BCUT2D eigenvalue weighted by molar-refractivity contribution is -0.112. The van der Waals surface area contributed by atoms with Crippen molar-refractivity contribution in [3.8, 4) is 6.07 Å². The van der Waals surface area contributed by atoms with E-state index < -0.39 is 5.91 Å². The lowest BCUT2D eigenvalue weighted by Gasteiger charge is -2.08. The van der Waals surface area contributed by atoms with Crippen molar-refractivity contribution in [3.05, 3.63) is 106 Å². The SMILES string of the molecule is Cc1ccc(Cl)cc1NC(=O)C(C#N)=Cc1cn(Cc2ccccc2)c2ccccc12. The Bertz CT molecular complexity index is 1330. The molecule has 0 aliphatic carbocycles. The van der Waals surface area contributed by atoms with E-state index in [-0.39, 0.29) is 5.57 Å². The lowest BCUT2D eigenvalue weighted by Crippen LogP contribution is -2.14. The van der Waals surface area contributed by atoms with Gasteiger partial charge in [0.2, 0.25) is 0 Å². The number of fused-ring (bicyclic) bond motifs is 1. The van der Waals surface area contributed by atoms with Gasteiger partial charge in [-0.15, -0.1) is 0 Å². The Morgan fingerprint density at radius 3 is 2.61 bits per heavy atom. The zero-order valence-corrected chi connectivity index (χ0v) is 17.7. The van der Waals surface area contributed by atoms with Crippen molar-refractivity contribution >= 4 is 40.2 Å². The van der Waals surface area contributed by atoms with Gasteiger partial charge in [-0.25, -0.2) is 0 Å². The van der Waals surface area contributed by atoms with Gasteiger partial charge < -0.3 is 9.88 Å². The average molecular weight is 426 g/mol. The molecule has 0 aliphatic heterocycles. The molecule has 31 heavy (non-hydrogen) atoms. The molecule has 0 saturated carbocycles. The van der Waals surface area contributed by atoms with Gasteiger partial charge in [-0.3, -0.25) is 4.79 Å². The minimum atomic E-state index is -0.465. The van der Waals surface area contributed by atoms with Crippen molar-refractivity contribution in [3.63, 3.8) is 0 Å². The third-order valence-electron chi connectivity index (χ3n) is 5.13. The highest BCUT2D eigenvalue weighted by Crippen LogP contribution is 2.25. The predicted octanol–water partition coefficient (Wildman–Crippen LogP) is 6.20. The fraction of sp³-hybridized carbons (Fsp3) is 0.0769. The number of para-hydroxylation sites is 1. The van der Waals surface area contributed by atoms with Crippen LogP contribution in [0.15, 0.2) is 84.6 Å². The second-order valence-corrected chi connectivity index (χ2v) is 7.73. The van der Waals surface area contributed by atoms with E-state index in [1.807, 2.05) is 67.7 Å². The maximum atomic E-state index is 12.8. The first-order valence-corrected chi connectivity index (χ1v) is 10.2. The van der Waals surface area contributed by atoms with E-state index in [1.165, 1.54) is 5.56 Å². The summed E-state index contributed by atoms with van der Waals surface area (Å²) >= 11 is 6.04. The largest absolute Gasteiger partial charge is 0.342 e. The van der Waals surface area contributed by atoms with Gasteiger partial charge in [0.25, 0.3) is 5.91 Å². The Morgan fingerprint density at radius 1 is 1.10 bits per heavy atom. The fourth-order valence-electron chi connectivity index (χ4n) is 3.52. The number of benzene rings is 3. The number of nitrogens with one attached hydrogen (secondary N) is 1.